The number of anilines is 2. The van der Waals surface area contributed by atoms with Gasteiger partial charge in [0.25, 0.3) is 5.91 Å². The zero-order chi connectivity index (χ0) is 21.8. The van der Waals surface area contributed by atoms with E-state index in [1.54, 1.807) is 42.5 Å². The fourth-order valence-electron chi connectivity index (χ4n) is 3.10. The highest BCUT2D eigenvalue weighted by atomic mass is 32.2. The van der Waals surface area contributed by atoms with Gasteiger partial charge >= 0.3 is 0 Å². The summed E-state index contributed by atoms with van der Waals surface area (Å²) in [4.78, 5) is 25.2. The number of fused-ring (bicyclic) bond motifs is 1. The third-order valence-electron chi connectivity index (χ3n) is 4.74. The van der Waals surface area contributed by atoms with Crippen LogP contribution in [-0.2, 0) is 10.5 Å². The Balaban J connectivity index is 1.37. The highest BCUT2D eigenvalue weighted by molar-refractivity contribution is 7.99. The topological polar surface area (TPSA) is 103 Å². The number of ether oxygens (including phenoxy) is 2. The van der Waals surface area contributed by atoms with Gasteiger partial charge < -0.3 is 24.6 Å². The molecular formula is C22H21N3O5S. The second kappa shape index (κ2) is 9.13. The monoisotopic (exact) mass is 439 g/mol. The number of carbonyl (C=O) groups excluding carboxylic acids is 2. The lowest BCUT2D eigenvalue weighted by molar-refractivity contribution is -0.113. The molecule has 2 aromatic carbocycles. The number of para-hydroxylation sites is 1. The number of aryl methyl sites for hydroxylation is 2. The molecule has 160 valence electrons. The van der Waals surface area contributed by atoms with Gasteiger partial charge in [-0.3, -0.25) is 9.59 Å². The summed E-state index contributed by atoms with van der Waals surface area (Å²) in [5, 5.41) is 9.57. The number of carbonyl (C=O) groups is 2. The first-order valence-electron chi connectivity index (χ1n) is 9.60. The Labute approximate surface area is 183 Å². The van der Waals surface area contributed by atoms with E-state index in [1.165, 1.54) is 11.8 Å². The summed E-state index contributed by atoms with van der Waals surface area (Å²) in [6, 6.07) is 12.0. The molecule has 2 heterocycles. The first-order valence-corrected chi connectivity index (χ1v) is 10.8. The third kappa shape index (κ3) is 4.83. The molecular weight excluding hydrogens is 418 g/mol. The summed E-state index contributed by atoms with van der Waals surface area (Å²) >= 11 is 1.46. The Bertz CT molecular complexity index is 1110. The van der Waals surface area contributed by atoms with Crippen molar-refractivity contribution in [2.24, 2.45) is 0 Å². The molecule has 0 unspecified atom stereocenters. The zero-order valence-corrected chi connectivity index (χ0v) is 17.9. The molecule has 0 saturated carbocycles. The largest absolute Gasteiger partial charge is 0.454 e. The highest BCUT2D eigenvalue weighted by Gasteiger charge is 2.17. The van der Waals surface area contributed by atoms with E-state index in [9.17, 15) is 9.59 Å². The highest BCUT2D eigenvalue weighted by Crippen LogP contribution is 2.34. The molecule has 4 rings (SSSR count). The van der Waals surface area contributed by atoms with Crippen LogP contribution in [0.5, 0.6) is 11.5 Å². The second-order valence-electron chi connectivity index (χ2n) is 6.91. The van der Waals surface area contributed by atoms with Crippen molar-refractivity contribution in [3.8, 4) is 11.5 Å². The van der Waals surface area contributed by atoms with Crippen LogP contribution >= 0.6 is 11.8 Å². The molecule has 9 heteroatoms. The summed E-state index contributed by atoms with van der Waals surface area (Å²) in [6.45, 7) is 3.89. The molecule has 0 spiro atoms. The molecule has 0 fully saturated rings. The molecule has 31 heavy (non-hydrogen) atoms. The van der Waals surface area contributed by atoms with Crippen molar-refractivity contribution in [2.75, 3.05) is 23.2 Å². The van der Waals surface area contributed by atoms with Crippen LogP contribution in [0.3, 0.4) is 0 Å². The van der Waals surface area contributed by atoms with Gasteiger partial charge in [-0.25, -0.2) is 0 Å². The van der Waals surface area contributed by atoms with Gasteiger partial charge in [0.05, 0.1) is 22.7 Å². The third-order valence-corrected chi connectivity index (χ3v) is 5.70. The Kier molecular flexibility index (Phi) is 6.13. The summed E-state index contributed by atoms with van der Waals surface area (Å²) in [6.07, 6.45) is 0. The van der Waals surface area contributed by atoms with E-state index >= 15 is 0 Å². The minimum atomic E-state index is -0.335. The molecule has 1 aromatic heterocycles. The molecule has 8 nitrogen and oxygen atoms in total. The van der Waals surface area contributed by atoms with E-state index in [4.69, 9.17) is 14.0 Å². The maximum atomic E-state index is 12.8. The van der Waals surface area contributed by atoms with E-state index in [1.807, 2.05) is 13.8 Å². The number of hydrogen-bond donors (Lipinski definition) is 2. The van der Waals surface area contributed by atoms with Crippen molar-refractivity contribution >= 4 is 35.0 Å². The van der Waals surface area contributed by atoms with Crippen LogP contribution in [0.15, 0.2) is 47.0 Å². The molecule has 1 aliphatic rings. The van der Waals surface area contributed by atoms with E-state index in [0.29, 0.717) is 34.2 Å². The van der Waals surface area contributed by atoms with Crippen LogP contribution in [0.2, 0.25) is 0 Å². The van der Waals surface area contributed by atoms with Crippen LogP contribution < -0.4 is 20.1 Å². The van der Waals surface area contributed by atoms with Gasteiger partial charge in [0.2, 0.25) is 12.7 Å². The van der Waals surface area contributed by atoms with Gasteiger partial charge in [-0.1, -0.05) is 17.3 Å². The molecule has 0 aliphatic carbocycles. The van der Waals surface area contributed by atoms with E-state index < -0.39 is 0 Å². The average molecular weight is 439 g/mol. The van der Waals surface area contributed by atoms with Gasteiger partial charge in [-0.15, -0.1) is 11.8 Å². The smallest absolute Gasteiger partial charge is 0.257 e. The number of amides is 2. The summed E-state index contributed by atoms with van der Waals surface area (Å²) in [7, 11) is 0. The minimum absolute atomic E-state index is 0.163. The fraction of sp³-hybridized carbons (Fsp3) is 0.227. The zero-order valence-electron chi connectivity index (χ0n) is 17.1. The molecule has 0 saturated heterocycles. The number of nitrogens with zero attached hydrogens (tertiary/aromatic N) is 1. The van der Waals surface area contributed by atoms with Crippen LogP contribution in [0.1, 0.15) is 27.4 Å². The Morgan fingerprint density at radius 1 is 1.06 bits per heavy atom. The normalized spacial score (nSPS) is 11.9. The van der Waals surface area contributed by atoms with Crippen molar-refractivity contribution in [1.29, 1.82) is 0 Å². The molecule has 2 N–H and O–H groups in total. The first-order chi connectivity index (χ1) is 15.0. The first kappa shape index (κ1) is 20.8. The number of aromatic nitrogens is 1. The number of nitrogens with one attached hydrogen (secondary N) is 2. The Morgan fingerprint density at radius 2 is 1.87 bits per heavy atom. The van der Waals surface area contributed by atoms with Gasteiger partial charge in [0.15, 0.2) is 11.5 Å². The lowest BCUT2D eigenvalue weighted by Crippen LogP contribution is -2.19. The van der Waals surface area contributed by atoms with Gasteiger partial charge in [-0.2, -0.15) is 0 Å². The molecule has 1 aliphatic heterocycles. The molecule has 0 atom stereocenters. The minimum Gasteiger partial charge on any atom is -0.454 e. The molecule has 0 radical (unpaired) electrons. The fourth-order valence-corrected chi connectivity index (χ4v) is 4.08. The number of thioether (sulfide) groups is 1. The average Bonchev–Trinajstić information content (AvgIpc) is 3.35. The van der Waals surface area contributed by atoms with E-state index in [-0.39, 0.29) is 24.4 Å². The lowest BCUT2D eigenvalue weighted by atomic mass is 10.1. The van der Waals surface area contributed by atoms with Crippen LogP contribution in [0, 0.1) is 13.8 Å². The number of rotatable bonds is 7. The molecule has 0 bridgehead atoms. The predicted molar refractivity (Wildman–Crippen MR) is 118 cm³/mol. The summed E-state index contributed by atoms with van der Waals surface area (Å²) in [5.74, 6) is 2.31. The van der Waals surface area contributed by atoms with E-state index in [0.717, 1.165) is 17.0 Å². The number of hydrogen-bond acceptors (Lipinski definition) is 7. The maximum absolute atomic E-state index is 12.8. The Morgan fingerprint density at radius 3 is 2.68 bits per heavy atom. The van der Waals surface area contributed by atoms with Crippen molar-refractivity contribution in [3.05, 3.63) is 65.0 Å². The maximum Gasteiger partial charge on any atom is 0.257 e. The molecule has 3 aromatic rings. The van der Waals surface area contributed by atoms with Crippen molar-refractivity contribution in [3.63, 3.8) is 0 Å². The van der Waals surface area contributed by atoms with Crippen LogP contribution in [0.4, 0.5) is 11.4 Å². The summed E-state index contributed by atoms with van der Waals surface area (Å²) in [5.41, 5.74) is 3.22. The lowest BCUT2D eigenvalue weighted by Gasteiger charge is -2.12. The van der Waals surface area contributed by atoms with Crippen molar-refractivity contribution in [2.45, 2.75) is 19.6 Å². The van der Waals surface area contributed by atoms with E-state index in [2.05, 4.69) is 15.8 Å². The predicted octanol–water partition coefficient (Wildman–Crippen LogP) is 4.14. The van der Waals surface area contributed by atoms with Crippen molar-refractivity contribution < 1.29 is 23.6 Å². The summed E-state index contributed by atoms with van der Waals surface area (Å²) < 4.78 is 15.8. The number of benzene rings is 2. The molecule has 2 amide bonds. The van der Waals surface area contributed by atoms with Crippen LogP contribution in [0.25, 0.3) is 0 Å². The van der Waals surface area contributed by atoms with Gasteiger partial charge in [0, 0.05) is 23.1 Å². The van der Waals surface area contributed by atoms with Gasteiger partial charge in [-0.05, 0) is 38.1 Å². The second-order valence-corrected chi connectivity index (χ2v) is 7.90. The van der Waals surface area contributed by atoms with Crippen LogP contribution in [-0.4, -0.2) is 29.5 Å². The SMILES string of the molecule is Cc1noc(C)c1CSCC(=O)Nc1ccccc1C(=O)Nc1ccc2c(c1)OCO2. The Hall–Kier alpha value is -3.46. The standard InChI is InChI=1S/C22H21N3O5S/c1-13-17(14(2)30-25-13)10-31-11-21(26)24-18-6-4-3-5-16(18)22(27)23-15-7-8-19-20(9-15)29-12-28-19/h3-9H,10-12H2,1-2H3,(H,23,27)(H,24,26). The quantitative estimate of drug-likeness (QED) is 0.570. The van der Waals surface area contributed by atoms with Gasteiger partial charge in [0.1, 0.15) is 5.76 Å². The van der Waals surface area contributed by atoms with Crippen molar-refractivity contribution in [1.82, 2.24) is 5.16 Å².